The van der Waals surface area contributed by atoms with Gasteiger partial charge in [-0.3, -0.25) is 4.79 Å². The quantitative estimate of drug-likeness (QED) is 0.765. The molecule has 2 heterocycles. The number of amides is 1. The standard InChI is InChI=1S/C17H17ClN2O5/c18-12-8-13(20-9-12)17(22)25-10-16(21)19-4-3-11-1-2-14-15(7-11)24-6-5-23-14/h1-2,7-9,20H,3-6,10H2,(H,19,21). The third kappa shape index (κ3) is 4.67. The van der Waals surface area contributed by atoms with Crippen LogP contribution in [0.15, 0.2) is 30.5 Å². The summed E-state index contributed by atoms with van der Waals surface area (Å²) in [5.74, 6) is 0.446. The highest BCUT2D eigenvalue weighted by Crippen LogP contribution is 2.30. The van der Waals surface area contributed by atoms with E-state index >= 15 is 0 Å². The SMILES string of the molecule is O=C(COC(=O)c1cc(Cl)c[nH]1)NCCc1ccc2c(c1)OCCO2. The Labute approximate surface area is 149 Å². The van der Waals surface area contributed by atoms with Crippen molar-refractivity contribution in [1.29, 1.82) is 0 Å². The van der Waals surface area contributed by atoms with E-state index in [1.54, 1.807) is 0 Å². The van der Waals surface area contributed by atoms with Gasteiger partial charge in [-0.05, 0) is 30.2 Å². The molecule has 3 rings (SSSR count). The number of halogens is 1. The van der Waals surface area contributed by atoms with Crippen LogP contribution in [0.25, 0.3) is 0 Å². The van der Waals surface area contributed by atoms with Crippen LogP contribution in [0.1, 0.15) is 16.1 Å². The minimum atomic E-state index is -0.631. The van der Waals surface area contributed by atoms with Crippen LogP contribution in [0.2, 0.25) is 5.02 Å². The summed E-state index contributed by atoms with van der Waals surface area (Å²) >= 11 is 5.70. The van der Waals surface area contributed by atoms with Crippen molar-refractivity contribution < 1.29 is 23.8 Å². The number of hydrogen-bond donors (Lipinski definition) is 2. The lowest BCUT2D eigenvalue weighted by molar-refractivity contribution is -0.124. The van der Waals surface area contributed by atoms with Crippen LogP contribution in [0, 0.1) is 0 Å². The summed E-state index contributed by atoms with van der Waals surface area (Å²) in [4.78, 5) is 26.1. The fraction of sp³-hybridized carbons (Fsp3) is 0.294. The van der Waals surface area contributed by atoms with Crippen LogP contribution in [0.5, 0.6) is 11.5 Å². The van der Waals surface area contributed by atoms with Gasteiger partial charge in [0, 0.05) is 12.7 Å². The minimum absolute atomic E-state index is 0.203. The second-order valence-corrected chi connectivity index (χ2v) is 5.82. The van der Waals surface area contributed by atoms with Crippen LogP contribution in [-0.4, -0.2) is 43.2 Å². The second-order valence-electron chi connectivity index (χ2n) is 5.39. The fourth-order valence-corrected chi connectivity index (χ4v) is 2.50. The van der Waals surface area contributed by atoms with E-state index in [1.165, 1.54) is 12.3 Å². The van der Waals surface area contributed by atoms with Crippen molar-refractivity contribution in [3.05, 3.63) is 46.7 Å². The number of hydrogen-bond acceptors (Lipinski definition) is 5. The Kier molecular flexibility index (Phi) is 5.45. The lowest BCUT2D eigenvalue weighted by Gasteiger charge is -2.18. The first kappa shape index (κ1) is 17.2. The summed E-state index contributed by atoms with van der Waals surface area (Å²) < 4.78 is 15.9. The first-order valence-corrected chi connectivity index (χ1v) is 8.16. The molecule has 2 N–H and O–H groups in total. The molecule has 2 aromatic rings. The number of aromatic nitrogens is 1. The molecule has 0 saturated heterocycles. The van der Waals surface area contributed by atoms with E-state index in [4.69, 9.17) is 25.8 Å². The van der Waals surface area contributed by atoms with Crippen LogP contribution < -0.4 is 14.8 Å². The summed E-state index contributed by atoms with van der Waals surface area (Å²) in [6.45, 7) is 1.15. The van der Waals surface area contributed by atoms with Gasteiger partial charge < -0.3 is 24.5 Å². The number of esters is 1. The van der Waals surface area contributed by atoms with Crippen molar-refractivity contribution >= 4 is 23.5 Å². The Morgan fingerprint density at radius 1 is 1.20 bits per heavy atom. The highest BCUT2D eigenvalue weighted by atomic mass is 35.5. The predicted molar refractivity (Wildman–Crippen MR) is 90.2 cm³/mol. The van der Waals surface area contributed by atoms with E-state index in [1.807, 2.05) is 18.2 Å². The lowest BCUT2D eigenvalue weighted by Crippen LogP contribution is -2.30. The molecule has 0 unspecified atom stereocenters. The number of nitrogens with one attached hydrogen (secondary N) is 2. The van der Waals surface area contributed by atoms with E-state index in [0.29, 0.717) is 37.0 Å². The van der Waals surface area contributed by atoms with Crippen LogP contribution >= 0.6 is 11.6 Å². The molecular weight excluding hydrogens is 348 g/mol. The molecule has 0 radical (unpaired) electrons. The topological polar surface area (TPSA) is 89.7 Å². The number of carbonyl (C=O) groups is 2. The smallest absolute Gasteiger partial charge is 0.355 e. The molecule has 1 aromatic carbocycles. The number of H-pyrrole nitrogens is 1. The number of aromatic amines is 1. The molecule has 1 aliphatic rings. The maximum Gasteiger partial charge on any atom is 0.355 e. The van der Waals surface area contributed by atoms with Crippen molar-refractivity contribution in [2.75, 3.05) is 26.4 Å². The largest absolute Gasteiger partial charge is 0.486 e. The maximum atomic E-state index is 11.7. The van der Waals surface area contributed by atoms with E-state index in [0.717, 1.165) is 11.3 Å². The zero-order valence-corrected chi connectivity index (χ0v) is 14.1. The number of fused-ring (bicyclic) bond motifs is 1. The Morgan fingerprint density at radius 2 is 2.00 bits per heavy atom. The molecule has 0 atom stereocenters. The molecule has 0 fully saturated rings. The first-order valence-electron chi connectivity index (χ1n) is 7.78. The van der Waals surface area contributed by atoms with Crippen LogP contribution in [0.4, 0.5) is 0 Å². The molecule has 1 aliphatic heterocycles. The maximum absolute atomic E-state index is 11.7. The Bertz CT molecular complexity index is 774. The van der Waals surface area contributed by atoms with Crippen molar-refractivity contribution in [2.45, 2.75) is 6.42 Å². The van der Waals surface area contributed by atoms with E-state index in [9.17, 15) is 9.59 Å². The Balaban J connectivity index is 1.40. The molecule has 132 valence electrons. The molecule has 1 aromatic heterocycles. The second kappa shape index (κ2) is 7.94. The van der Waals surface area contributed by atoms with E-state index in [-0.39, 0.29) is 18.2 Å². The van der Waals surface area contributed by atoms with Crippen molar-refractivity contribution in [1.82, 2.24) is 10.3 Å². The number of ether oxygens (including phenoxy) is 3. The molecule has 0 saturated carbocycles. The normalized spacial score (nSPS) is 12.5. The Hall–Kier alpha value is -2.67. The lowest BCUT2D eigenvalue weighted by atomic mass is 10.1. The third-order valence-corrected chi connectivity index (χ3v) is 3.76. The van der Waals surface area contributed by atoms with Gasteiger partial charge in [0.1, 0.15) is 18.9 Å². The van der Waals surface area contributed by atoms with Crippen LogP contribution in [0.3, 0.4) is 0 Å². The average Bonchev–Trinajstić information content (AvgIpc) is 3.06. The summed E-state index contributed by atoms with van der Waals surface area (Å²) in [7, 11) is 0. The van der Waals surface area contributed by atoms with Crippen molar-refractivity contribution in [3.63, 3.8) is 0 Å². The number of carbonyl (C=O) groups excluding carboxylic acids is 2. The average molecular weight is 365 g/mol. The van der Waals surface area contributed by atoms with Gasteiger partial charge in [-0.15, -0.1) is 0 Å². The van der Waals surface area contributed by atoms with Gasteiger partial charge in [0.25, 0.3) is 5.91 Å². The van der Waals surface area contributed by atoms with Gasteiger partial charge in [-0.1, -0.05) is 17.7 Å². The van der Waals surface area contributed by atoms with Crippen molar-refractivity contribution in [2.24, 2.45) is 0 Å². The van der Waals surface area contributed by atoms with E-state index in [2.05, 4.69) is 10.3 Å². The summed E-state index contributed by atoms with van der Waals surface area (Å²) in [5, 5.41) is 3.10. The fourth-order valence-electron chi connectivity index (χ4n) is 2.34. The highest BCUT2D eigenvalue weighted by molar-refractivity contribution is 6.30. The number of benzene rings is 1. The Morgan fingerprint density at radius 3 is 2.76 bits per heavy atom. The van der Waals surface area contributed by atoms with E-state index < -0.39 is 5.97 Å². The van der Waals surface area contributed by atoms with Gasteiger partial charge >= 0.3 is 5.97 Å². The first-order chi connectivity index (χ1) is 12.1. The van der Waals surface area contributed by atoms with Crippen LogP contribution in [-0.2, 0) is 16.0 Å². The van der Waals surface area contributed by atoms with Gasteiger partial charge in [0.2, 0.25) is 0 Å². The predicted octanol–water partition coefficient (Wildman–Crippen LogP) is 1.96. The molecule has 7 nitrogen and oxygen atoms in total. The molecule has 0 aliphatic carbocycles. The molecule has 0 spiro atoms. The monoisotopic (exact) mass is 364 g/mol. The zero-order chi connectivity index (χ0) is 17.6. The molecular formula is C17H17ClN2O5. The van der Waals surface area contributed by atoms with Gasteiger partial charge in [-0.2, -0.15) is 0 Å². The molecule has 8 heteroatoms. The molecule has 25 heavy (non-hydrogen) atoms. The molecule has 1 amide bonds. The van der Waals surface area contributed by atoms with Gasteiger partial charge in [0.05, 0.1) is 5.02 Å². The summed E-state index contributed by atoms with van der Waals surface area (Å²) in [6, 6.07) is 7.11. The summed E-state index contributed by atoms with van der Waals surface area (Å²) in [6.07, 6.45) is 2.09. The highest BCUT2D eigenvalue weighted by Gasteiger charge is 2.13. The minimum Gasteiger partial charge on any atom is -0.486 e. The van der Waals surface area contributed by atoms with Gasteiger partial charge in [-0.25, -0.2) is 4.79 Å². The third-order valence-electron chi connectivity index (χ3n) is 3.54. The zero-order valence-electron chi connectivity index (χ0n) is 13.3. The number of rotatable bonds is 6. The summed E-state index contributed by atoms with van der Waals surface area (Å²) in [5.41, 5.74) is 1.22. The molecule has 0 bridgehead atoms. The van der Waals surface area contributed by atoms with Gasteiger partial charge in [0.15, 0.2) is 18.1 Å². The van der Waals surface area contributed by atoms with Crippen molar-refractivity contribution in [3.8, 4) is 11.5 Å².